The predicted octanol–water partition coefficient (Wildman–Crippen LogP) is 2.39. The summed E-state index contributed by atoms with van der Waals surface area (Å²) in [5.74, 6) is 0.545. The van der Waals surface area contributed by atoms with E-state index < -0.39 is 0 Å². The van der Waals surface area contributed by atoms with Gasteiger partial charge in [0.2, 0.25) is 0 Å². The van der Waals surface area contributed by atoms with Gasteiger partial charge in [-0.25, -0.2) is 9.67 Å². The van der Waals surface area contributed by atoms with Crippen LogP contribution in [-0.4, -0.2) is 19.7 Å². The number of aromatic amines is 1. The minimum absolute atomic E-state index is 0.150. The molecule has 0 saturated carbocycles. The average Bonchev–Trinajstić information content (AvgIpc) is 2.83. The Balaban J connectivity index is 2.09. The van der Waals surface area contributed by atoms with Gasteiger partial charge in [0.25, 0.3) is 5.56 Å². The molecular formula is C13H9BrN4O. The van der Waals surface area contributed by atoms with E-state index in [4.69, 9.17) is 0 Å². The SMILES string of the molecule is O=c1c(-c2cccnc2)c[nH]n1-c1ccc(Br)cn1. The number of rotatable bonds is 2. The van der Waals surface area contributed by atoms with Crippen LogP contribution in [0.4, 0.5) is 0 Å². The Morgan fingerprint density at radius 3 is 2.79 bits per heavy atom. The van der Waals surface area contributed by atoms with Gasteiger partial charge in [0.05, 0.1) is 5.56 Å². The van der Waals surface area contributed by atoms with Gasteiger partial charge < -0.3 is 0 Å². The Morgan fingerprint density at radius 2 is 2.11 bits per heavy atom. The van der Waals surface area contributed by atoms with Crippen molar-refractivity contribution in [1.29, 1.82) is 0 Å². The third-order valence-corrected chi connectivity index (χ3v) is 3.15. The summed E-state index contributed by atoms with van der Waals surface area (Å²) in [4.78, 5) is 20.5. The second-order valence-corrected chi connectivity index (χ2v) is 4.82. The zero-order valence-electron chi connectivity index (χ0n) is 9.75. The molecule has 0 aromatic carbocycles. The second-order valence-electron chi connectivity index (χ2n) is 3.90. The van der Waals surface area contributed by atoms with Gasteiger partial charge in [-0.2, -0.15) is 0 Å². The van der Waals surface area contributed by atoms with Crippen molar-refractivity contribution in [3.63, 3.8) is 0 Å². The van der Waals surface area contributed by atoms with E-state index in [1.807, 2.05) is 12.1 Å². The van der Waals surface area contributed by atoms with E-state index in [0.717, 1.165) is 10.0 Å². The number of hydrogen-bond acceptors (Lipinski definition) is 3. The highest BCUT2D eigenvalue weighted by Gasteiger charge is 2.10. The topological polar surface area (TPSA) is 63.6 Å². The fourth-order valence-corrected chi connectivity index (χ4v) is 2.00. The van der Waals surface area contributed by atoms with Gasteiger partial charge in [0.15, 0.2) is 5.82 Å². The second kappa shape index (κ2) is 4.81. The van der Waals surface area contributed by atoms with E-state index in [1.165, 1.54) is 4.68 Å². The number of pyridine rings is 2. The molecule has 0 atom stereocenters. The van der Waals surface area contributed by atoms with Crippen LogP contribution in [-0.2, 0) is 0 Å². The van der Waals surface area contributed by atoms with E-state index in [9.17, 15) is 4.79 Å². The molecule has 3 rings (SSSR count). The van der Waals surface area contributed by atoms with Crippen LogP contribution in [0, 0.1) is 0 Å². The summed E-state index contributed by atoms with van der Waals surface area (Å²) < 4.78 is 2.26. The van der Waals surface area contributed by atoms with E-state index in [1.54, 1.807) is 36.9 Å². The molecule has 3 aromatic rings. The standard InChI is InChI=1S/C13H9BrN4O/c14-10-3-4-12(16-7-10)18-13(19)11(8-17-18)9-2-1-5-15-6-9/h1-8,17H. The smallest absolute Gasteiger partial charge is 0.280 e. The monoisotopic (exact) mass is 316 g/mol. The summed E-state index contributed by atoms with van der Waals surface area (Å²) >= 11 is 3.31. The van der Waals surface area contributed by atoms with Gasteiger partial charge in [-0.1, -0.05) is 6.07 Å². The van der Waals surface area contributed by atoms with Crippen molar-refractivity contribution in [3.05, 3.63) is 63.9 Å². The third kappa shape index (κ3) is 2.22. The Bertz CT molecular complexity index is 746. The fourth-order valence-electron chi connectivity index (χ4n) is 1.77. The summed E-state index contributed by atoms with van der Waals surface area (Å²) in [7, 11) is 0. The van der Waals surface area contributed by atoms with Crippen LogP contribution in [0.2, 0.25) is 0 Å². The molecule has 0 unspecified atom stereocenters. The minimum Gasteiger partial charge on any atom is -0.296 e. The summed E-state index contributed by atoms with van der Waals surface area (Å²) in [5, 5.41) is 2.91. The van der Waals surface area contributed by atoms with Crippen LogP contribution >= 0.6 is 15.9 Å². The molecule has 0 amide bonds. The van der Waals surface area contributed by atoms with Crippen LogP contribution in [0.5, 0.6) is 0 Å². The first-order valence-corrected chi connectivity index (χ1v) is 6.38. The van der Waals surface area contributed by atoms with E-state index in [-0.39, 0.29) is 5.56 Å². The van der Waals surface area contributed by atoms with Gasteiger partial charge in [-0.3, -0.25) is 14.9 Å². The van der Waals surface area contributed by atoms with Gasteiger partial charge in [0, 0.05) is 34.8 Å². The number of aromatic nitrogens is 4. The quantitative estimate of drug-likeness (QED) is 0.789. The molecule has 0 spiro atoms. The molecule has 5 nitrogen and oxygen atoms in total. The van der Waals surface area contributed by atoms with Gasteiger partial charge >= 0.3 is 0 Å². The third-order valence-electron chi connectivity index (χ3n) is 2.68. The molecule has 3 heterocycles. The molecule has 0 fully saturated rings. The molecule has 0 saturated heterocycles. The first-order valence-electron chi connectivity index (χ1n) is 5.58. The van der Waals surface area contributed by atoms with Crippen LogP contribution in [0.3, 0.4) is 0 Å². The van der Waals surface area contributed by atoms with Gasteiger partial charge in [0.1, 0.15) is 0 Å². The van der Waals surface area contributed by atoms with E-state index in [0.29, 0.717) is 11.4 Å². The Morgan fingerprint density at radius 1 is 1.21 bits per heavy atom. The molecule has 19 heavy (non-hydrogen) atoms. The maximum Gasteiger partial charge on any atom is 0.280 e. The summed E-state index contributed by atoms with van der Waals surface area (Å²) in [6.45, 7) is 0. The largest absolute Gasteiger partial charge is 0.296 e. The summed E-state index contributed by atoms with van der Waals surface area (Å²) in [6, 6.07) is 7.23. The molecule has 6 heteroatoms. The van der Waals surface area contributed by atoms with Crippen LogP contribution in [0.15, 0.2) is 58.3 Å². The maximum absolute atomic E-state index is 12.3. The number of halogens is 1. The molecule has 0 radical (unpaired) electrons. The van der Waals surface area contributed by atoms with Crippen LogP contribution in [0.1, 0.15) is 0 Å². The van der Waals surface area contributed by atoms with E-state index >= 15 is 0 Å². The fraction of sp³-hybridized carbons (Fsp3) is 0. The molecule has 0 aliphatic heterocycles. The van der Waals surface area contributed by atoms with E-state index in [2.05, 4.69) is 31.0 Å². The lowest BCUT2D eigenvalue weighted by molar-refractivity contribution is 0.818. The van der Waals surface area contributed by atoms with Crippen LogP contribution < -0.4 is 5.56 Å². The van der Waals surface area contributed by atoms with Crippen molar-refractivity contribution < 1.29 is 0 Å². The highest BCUT2D eigenvalue weighted by atomic mass is 79.9. The number of nitrogens with one attached hydrogen (secondary N) is 1. The molecular weight excluding hydrogens is 308 g/mol. The molecule has 0 bridgehead atoms. The van der Waals surface area contributed by atoms with Crippen LogP contribution in [0.25, 0.3) is 16.9 Å². The number of nitrogens with zero attached hydrogens (tertiary/aromatic N) is 3. The lowest BCUT2D eigenvalue weighted by Gasteiger charge is -1.99. The van der Waals surface area contributed by atoms with Gasteiger partial charge in [-0.15, -0.1) is 0 Å². The molecule has 94 valence electrons. The predicted molar refractivity (Wildman–Crippen MR) is 75.1 cm³/mol. The number of H-pyrrole nitrogens is 1. The van der Waals surface area contributed by atoms with Crippen molar-refractivity contribution in [1.82, 2.24) is 19.7 Å². The zero-order chi connectivity index (χ0) is 13.2. The van der Waals surface area contributed by atoms with Crippen molar-refractivity contribution in [2.24, 2.45) is 0 Å². The van der Waals surface area contributed by atoms with Crippen molar-refractivity contribution in [2.45, 2.75) is 0 Å². The Hall–Kier alpha value is -2.21. The highest BCUT2D eigenvalue weighted by Crippen LogP contribution is 2.14. The maximum atomic E-state index is 12.3. The molecule has 3 aromatic heterocycles. The first kappa shape index (κ1) is 11.9. The highest BCUT2D eigenvalue weighted by molar-refractivity contribution is 9.10. The summed E-state index contributed by atoms with van der Waals surface area (Å²) in [6.07, 6.45) is 6.63. The normalized spacial score (nSPS) is 10.6. The zero-order valence-corrected chi connectivity index (χ0v) is 11.3. The Labute approximate surface area is 117 Å². The Kier molecular flexibility index (Phi) is 3.00. The average molecular weight is 317 g/mol. The molecule has 0 aliphatic rings. The lowest BCUT2D eigenvalue weighted by atomic mass is 10.2. The number of hydrogen-bond donors (Lipinski definition) is 1. The van der Waals surface area contributed by atoms with Crippen molar-refractivity contribution in [3.8, 4) is 16.9 Å². The molecule has 0 aliphatic carbocycles. The minimum atomic E-state index is -0.150. The van der Waals surface area contributed by atoms with Crippen molar-refractivity contribution >= 4 is 15.9 Å². The molecule has 1 N–H and O–H groups in total. The lowest BCUT2D eigenvalue weighted by Crippen LogP contribution is -2.16. The van der Waals surface area contributed by atoms with Crippen molar-refractivity contribution in [2.75, 3.05) is 0 Å². The first-order chi connectivity index (χ1) is 9.25. The summed E-state index contributed by atoms with van der Waals surface area (Å²) in [5.41, 5.74) is 1.19. The van der Waals surface area contributed by atoms with Gasteiger partial charge in [-0.05, 0) is 34.1 Å².